The van der Waals surface area contributed by atoms with Gasteiger partial charge in [-0.3, -0.25) is 4.79 Å². The largest absolute Gasteiger partial charge is 0.496 e. The molecule has 1 aromatic rings. The van der Waals surface area contributed by atoms with Crippen molar-refractivity contribution in [1.29, 1.82) is 0 Å². The van der Waals surface area contributed by atoms with Crippen LogP contribution in [0.2, 0.25) is 0 Å². The van der Waals surface area contributed by atoms with E-state index in [1.165, 1.54) is 44.1 Å². The van der Waals surface area contributed by atoms with Gasteiger partial charge in [0.15, 0.2) is 5.78 Å². The number of carbonyl (C=O) groups excluding carboxylic acids is 1. The number of hydrogen-bond acceptors (Lipinski definition) is 3. The molecule has 0 saturated carbocycles. The minimum absolute atomic E-state index is 0.103. The number of Topliss-reactive ketones (excluding diaryl/α,β-unsaturated/α-hetero) is 1. The Morgan fingerprint density at radius 3 is 2.76 bits per heavy atom. The number of benzene rings is 1. The Hall–Kier alpha value is -1.51. The van der Waals surface area contributed by atoms with Crippen LogP contribution in [0.1, 0.15) is 88.1 Å². The average Bonchev–Trinajstić information content (AvgIpc) is 3.06. The summed E-state index contributed by atoms with van der Waals surface area (Å²) in [6.07, 6.45) is 9.28. The Morgan fingerprint density at radius 2 is 2.04 bits per heavy atom. The molecular formula is C22H33NO2. The van der Waals surface area contributed by atoms with Crippen LogP contribution in [0.3, 0.4) is 0 Å². The van der Waals surface area contributed by atoms with E-state index in [0.717, 1.165) is 30.0 Å². The summed E-state index contributed by atoms with van der Waals surface area (Å²) >= 11 is 0. The molecule has 1 aromatic carbocycles. The first-order valence-electron chi connectivity index (χ1n) is 10.00. The fraction of sp³-hybridized carbons (Fsp3) is 0.682. The summed E-state index contributed by atoms with van der Waals surface area (Å²) in [5.41, 5.74) is 3.34. The molecule has 25 heavy (non-hydrogen) atoms. The highest BCUT2D eigenvalue weighted by molar-refractivity contribution is 6.06. The Kier molecular flexibility index (Phi) is 5.41. The number of rotatable bonds is 7. The van der Waals surface area contributed by atoms with Gasteiger partial charge in [0.25, 0.3) is 0 Å². The van der Waals surface area contributed by atoms with Crippen LogP contribution in [0, 0.1) is 0 Å². The van der Waals surface area contributed by atoms with Gasteiger partial charge < -0.3 is 9.64 Å². The molecule has 0 aliphatic carbocycles. The molecule has 1 fully saturated rings. The van der Waals surface area contributed by atoms with E-state index in [-0.39, 0.29) is 11.2 Å². The first-order chi connectivity index (χ1) is 12.0. The number of methoxy groups -OCH3 is 1. The van der Waals surface area contributed by atoms with Crippen molar-refractivity contribution in [3.63, 3.8) is 0 Å². The second-order valence-electron chi connectivity index (χ2n) is 8.38. The first-order valence-corrected chi connectivity index (χ1v) is 10.00. The van der Waals surface area contributed by atoms with E-state index >= 15 is 0 Å². The summed E-state index contributed by atoms with van der Waals surface area (Å²) in [6, 6.07) is 4.80. The topological polar surface area (TPSA) is 29.5 Å². The molecule has 2 heterocycles. The fourth-order valence-electron chi connectivity index (χ4n) is 4.48. The van der Waals surface area contributed by atoms with E-state index in [1.807, 2.05) is 0 Å². The van der Waals surface area contributed by atoms with E-state index in [9.17, 15) is 4.79 Å². The Bertz CT molecular complexity index is 635. The lowest BCUT2D eigenvalue weighted by Crippen LogP contribution is -2.37. The number of fused-ring (bicyclic) bond motifs is 3. The van der Waals surface area contributed by atoms with Gasteiger partial charge in [0.1, 0.15) is 5.75 Å². The van der Waals surface area contributed by atoms with Gasteiger partial charge in [0, 0.05) is 19.0 Å². The molecule has 3 rings (SSSR count). The molecule has 0 spiro atoms. The number of unbranched alkanes of at least 4 members (excludes halogenated alkanes) is 3. The molecule has 3 nitrogen and oxygen atoms in total. The van der Waals surface area contributed by atoms with Crippen molar-refractivity contribution in [2.45, 2.75) is 83.6 Å². The highest BCUT2D eigenvalue weighted by atomic mass is 16.5. The Morgan fingerprint density at radius 1 is 1.24 bits per heavy atom. The maximum Gasteiger partial charge on any atom is 0.170 e. The van der Waals surface area contributed by atoms with Gasteiger partial charge in [0.2, 0.25) is 0 Å². The molecule has 2 aliphatic heterocycles. The van der Waals surface area contributed by atoms with Crippen LogP contribution in [0.5, 0.6) is 5.75 Å². The van der Waals surface area contributed by atoms with Crippen molar-refractivity contribution in [2.24, 2.45) is 0 Å². The molecule has 0 N–H and O–H groups in total. The number of ether oxygens (including phenoxy) is 1. The maximum absolute atomic E-state index is 12.7. The highest BCUT2D eigenvalue weighted by Gasteiger charge is 2.37. The molecule has 3 heteroatoms. The molecule has 1 unspecified atom stereocenters. The standard InChI is InChI=1S/C22H33NO2/c1-5-6-7-8-11-22(2,3)16-13-18-21(20(14-16)25-4)19(24)15-17-10-9-12-23(17)18/h13-14,17H,5-12,15H2,1-4H3. The number of ketones is 1. The summed E-state index contributed by atoms with van der Waals surface area (Å²) in [6.45, 7) is 7.97. The van der Waals surface area contributed by atoms with Gasteiger partial charge in [-0.05, 0) is 42.4 Å². The van der Waals surface area contributed by atoms with Crippen LogP contribution in [0.15, 0.2) is 12.1 Å². The lowest BCUT2D eigenvalue weighted by molar-refractivity contribution is 0.0965. The average molecular weight is 344 g/mol. The van der Waals surface area contributed by atoms with Gasteiger partial charge in [-0.15, -0.1) is 0 Å². The third-order valence-corrected chi connectivity index (χ3v) is 6.12. The number of hydrogen-bond donors (Lipinski definition) is 0. The van der Waals surface area contributed by atoms with Gasteiger partial charge in [-0.25, -0.2) is 0 Å². The van der Waals surface area contributed by atoms with Gasteiger partial charge >= 0.3 is 0 Å². The summed E-state index contributed by atoms with van der Waals surface area (Å²) in [5, 5.41) is 0. The number of nitrogens with zero attached hydrogens (tertiary/aromatic N) is 1. The molecule has 2 aliphatic rings. The molecule has 138 valence electrons. The summed E-state index contributed by atoms with van der Waals surface area (Å²) < 4.78 is 5.66. The van der Waals surface area contributed by atoms with Crippen LogP contribution in [0.25, 0.3) is 0 Å². The van der Waals surface area contributed by atoms with Crippen LogP contribution < -0.4 is 9.64 Å². The Balaban J connectivity index is 1.94. The first kappa shape index (κ1) is 18.3. The second-order valence-corrected chi connectivity index (χ2v) is 8.38. The monoisotopic (exact) mass is 343 g/mol. The van der Waals surface area contributed by atoms with E-state index in [4.69, 9.17) is 4.74 Å². The second kappa shape index (κ2) is 7.39. The zero-order chi connectivity index (χ0) is 18.0. The van der Waals surface area contributed by atoms with Gasteiger partial charge in [0.05, 0.1) is 18.4 Å². The smallest absolute Gasteiger partial charge is 0.170 e. The van der Waals surface area contributed by atoms with E-state index in [1.54, 1.807) is 7.11 Å². The van der Waals surface area contributed by atoms with Crippen molar-refractivity contribution in [1.82, 2.24) is 0 Å². The molecule has 0 bridgehead atoms. The van der Waals surface area contributed by atoms with E-state index in [0.29, 0.717) is 12.5 Å². The lowest BCUT2D eigenvalue weighted by atomic mass is 9.78. The predicted octanol–water partition coefficient (Wildman–Crippen LogP) is 5.50. The van der Waals surface area contributed by atoms with Crippen molar-refractivity contribution in [3.8, 4) is 5.75 Å². The van der Waals surface area contributed by atoms with Crippen molar-refractivity contribution in [2.75, 3.05) is 18.6 Å². The zero-order valence-corrected chi connectivity index (χ0v) is 16.4. The molecular weight excluding hydrogens is 310 g/mol. The zero-order valence-electron chi connectivity index (χ0n) is 16.4. The molecule has 1 atom stereocenters. The summed E-state index contributed by atoms with van der Waals surface area (Å²) in [5.74, 6) is 1.02. The van der Waals surface area contributed by atoms with Crippen LogP contribution in [0.4, 0.5) is 5.69 Å². The summed E-state index contributed by atoms with van der Waals surface area (Å²) in [7, 11) is 1.69. The SMILES string of the molecule is CCCCCCC(C)(C)c1cc(OC)c2c(c1)N1CCCC1CC2=O. The van der Waals surface area contributed by atoms with Crippen LogP contribution in [-0.2, 0) is 5.41 Å². The van der Waals surface area contributed by atoms with Crippen molar-refractivity contribution >= 4 is 11.5 Å². The van der Waals surface area contributed by atoms with E-state index in [2.05, 4.69) is 37.8 Å². The van der Waals surface area contributed by atoms with E-state index < -0.39 is 0 Å². The predicted molar refractivity (Wildman–Crippen MR) is 104 cm³/mol. The number of carbonyl (C=O) groups is 1. The quantitative estimate of drug-likeness (QED) is 0.612. The minimum atomic E-state index is 0.103. The normalized spacial score (nSPS) is 19.8. The third kappa shape index (κ3) is 3.56. The minimum Gasteiger partial charge on any atom is -0.496 e. The maximum atomic E-state index is 12.7. The molecule has 0 aromatic heterocycles. The van der Waals surface area contributed by atoms with Crippen molar-refractivity contribution < 1.29 is 9.53 Å². The fourth-order valence-corrected chi connectivity index (χ4v) is 4.48. The molecule has 0 amide bonds. The van der Waals surface area contributed by atoms with Gasteiger partial charge in [-0.2, -0.15) is 0 Å². The van der Waals surface area contributed by atoms with Gasteiger partial charge in [-0.1, -0.05) is 46.5 Å². The highest BCUT2D eigenvalue weighted by Crippen LogP contribution is 2.44. The molecule has 1 saturated heterocycles. The Labute approximate surface area is 152 Å². The summed E-state index contributed by atoms with van der Waals surface area (Å²) in [4.78, 5) is 15.2. The third-order valence-electron chi connectivity index (χ3n) is 6.12. The van der Waals surface area contributed by atoms with Crippen molar-refractivity contribution in [3.05, 3.63) is 23.3 Å². The van der Waals surface area contributed by atoms with Crippen LogP contribution >= 0.6 is 0 Å². The van der Waals surface area contributed by atoms with Crippen LogP contribution in [-0.4, -0.2) is 25.5 Å². The lowest BCUT2D eigenvalue weighted by Gasteiger charge is -2.36. The number of anilines is 1. The molecule has 0 radical (unpaired) electrons.